The number of fused-ring (bicyclic) bond motifs is 2. The first-order valence-corrected chi connectivity index (χ1v) is 15.9. The third kappa shape index (κ3) is 4.06. The fourth-order valence-corrected chi connectivity index (χ4v) is 12.4. The van der Waals surface area contributed by atoms with E-state index in [9.17, 15) is 10.2 Å². The van der Waals surface area contributed by atoms with Gasteiger partial charge in [0.2, 0.25) is 0 Å². The predicted molar refractivity (Wildman–Crippen MR) is 174 cm³/mol. The van der Waals surface area contributed by atoms with Crippen molar-refractivity contribution in [2.75, 3.05) is 0 Å². The Bertz CT molecular complexity index is 1440. The van der Waals surface area contributed by atoms with E-state index in [1.54, 1.807) is 13.8 Å². The lowest BCUT2D eigenvalue weighted by Gasteiger charge is -2.16. The van der Waals surface area contributed by atoms with Gasteiger partial charge in [-0.3, -0.25) is 0 Å². The van der Waals surface area contributed by atoms with E-state index in [0.29, 0.717) is 41.5 Å². The average molecular weight is 699 g/mol. The van der Waals surface area contributed by atoms with Crippen LogP contribution in [0, 0.1) is 0 Å². The third-order valence-electron chi connectivity index (χ3n) is 5.14. The highest BCUT2D eigenvalue weighted by molar-refractivity contribution is 8.26. The van der Waals surface area contributed by atoms with Gasteiger partial charge in [0, 0.05) is 30.0 Å². The summed E-state index contributed by atoms with van der Waals surface area (Å²) in [7, 11) is 0. The number of nitrogens with zero attached hydrogens (tertiary/aromatic N) is 4. The van der Waals surface area contributed by atoms with Crippen LogP contribution in [0.5, 0.6) is 0 Å². The molecule has 1 aromatic rings. The highest BCUT2D eigenvalue weighted by Gasteiger charge is 2.43. The molecule has 0 saturated carbocycles. The second-order valence-corrected chi connectivity index (χ2v) is 14.9. The molecule has 5 rings (SSSR count). The molecule has 0 bridgehead atoms. The van der Waals surface area contributed by atoms with Crippen LogP contribution in [-0.4, -0.2) is 47.2 Å². The van der Waals surface area contributed by atoms with Crippen molar-refractivity contribution in [2.24, 2.45) is 0 Å². The van der Waals surface area contributed by atoms with Crippen LogP contribution >= 0.6 is 122 Å². The standard InChI is InChI=1S/C18H10N4O2S12/c1-3(23)5-9-11(35-17(33-9)7-13(25)19(29)20(30)14(7)26)6(4(2)24)12-10(5)34-18(36-12)8-15(27)21(31)22(32)16(8)28/h23-24,29-30H,1-2H3. The number of thioether (sulfide) groups is 4. The molecule has 1 fully saturated rings. The summed E-state index contributed by atoms with van der Waals surface area (Å²) in [5.74, 6) is 0.274. The quantitative estimate of drug-likeness (QED) is 0.0985. The molecule has 1 saturated heterocycles. The number of hydrazine groups is 1. The predicted octanol–water partition coefficient (Wildman–Crippen LogP) is 4.82. The van der Waals surface area contributed by atoms with Crippen molar-refractivity contribution < 1.29 is 18.4 Å². The molecule has 4 heterocycles. The summed E-state index contributed by atoms with van der Waals surface area (Å²) in [6.07, 6.45) is 0. The van der Waals surface area contributed by atoms with Crippen molar-refractivity contribution in [3.05, 3.63) is 30.1 Å². The van der Waals surface area contributed by atoms with Crippen molar-refractivity contribution in [1.29, 1.82) is 0 Å². The lowest BCUT2D eigenvalue weighted by atomic mass is 10.2. The largest absolute Gasteiger partial charge is 0.512 e. The van der Waals surface area contributed by atoms with Crippen LogP contribution in [0.15, 0.2) is 39.2 Å². The number of hydrogen-bond acceptors (Lipinski definition) is 14. The Balaban J connectivity index is 1.75. The molecule has 0 radical (unpaired) electrons. The summed E-state index contributed by atoms with van der Waals surface area (Å²) in [6.45, 7) is 3.27. The molecule has 6 nitrogen and oxygen atoms in total. The summed E-state index contributed by atoms with van der Waals surface area (Å²) in [5.41, 5.74) is 1.26. The molecule has 0 unspecified atom stereocenters. The van der Waals surface area contributed by atoms with Crippen molar-refractivity contribution in [2.45, 2.75) is 33.4 Å². The second kappa shape index (κ2) is 9.96. The monoisotopic (exact) mass is 698 g/mol. The molecule has 186 valence electrons. The van der Waals surface area contributed by atoms with Gasteiger partial charge in [0.05, 0.1) is 25.6 Å². The molecule has 0 aromatic heterocycles. The summed E-state index contributed by atoms with van der Waals surface area (Å²) < 4.78 is 6.87. The van der Waals surface area contributed by atoms with E-state index in [2.05, 4.69) is 25.6 Å². The van der Waals surface area contributed by atoms with Gasteiger partial charge in [0.25, 0.3) is 0 Å². The first-order chi connectivity index (χ1) is 16.9. The zero-order valence-corrected chi connectivity index (χ0v) is 27.6. The van der Waals surface area contributed by atoms with Crippen molar-refractivity contribution >= 4 is 179 Å². The van der Waals surface area contributed by atoms with Gasteiger partial charge < -0.3 is 35.8 Å². The fourth-order valence-electron chi connectivity index (χ4n) is 3.58. The topological polar surface area (TPSA) is 53.0 Å². The van der Waals surface area contributed by atoms with E-state index in [1.165, 1.54) is 64.1 Å². The number of benzene rings is 1. The minimum absolute atomic E-state index is 0.137. The Morgan fingerprint density at radius 2 is 1.00 bits per heavy atom. The number of thiocarbonyl (C=S) groups is 4. The number of aliphatic hydroxyl groups excluding tert-OH is 2. The minimum Gasteiger partial charge on any atom is -0.512 e. The Labute approximate surface area is 266 Å². The van der Waals surface area contributed by atoms with E-state index in [1.807, 2.05) is 0 Å². The Morgan fingerprint density at radius 1 is 0.694 bits per heavy atom. The van der Waals surface area contributed by atoms with Crippen LogP contribution in [0.25, 0.3) is 11.5 Å². The first kappa shape index (κ1) is 27.7. The molecule has 0 spiro atoms. The smallest absolute Gasteiger partial charge is 0.331 e. The molecule has 0 atom stereocenters. The van der Waals surface area contributed by atoms with Gasteiger partial charge >= 0.3 is 9.98 Å². The zero-order valence-electron chi connectivity index (χ0n) is 17.7. The van der Waals surface area contributed by atoms with Gasteiger partial charge in [-0.2, -0.15) is 0 Å². The molecule has 4 aliphatic rings. The molecule has 0 aliphatic carbocycles. The number of rotatable bonds is 0. The van der Waals surface area contributed by atoms with Gasteiger partial charge in [0.1, 0.15) is 9.98 Å². The molecular formula is C18H10N4O2S12. The SMILES string of the molecule is CC(O)=c1c2c(c(=C(C)O)c3c1SC(=C1C(=S)[N+]([S-])=[N+]([S-])C1=S)S3)SC(=C1C(=S)N(S)N(S)C1=S)S2. The minimum atomic E-state index is 0.137. The second-order valence-electron chi connectivity index (χ2n) is 7.32. The van der Waals surface area contributed by atoms with Gasteiger partial charge in [-0.25, -0.2) is 8.83 Å². The van der Waals surface area contributed by atoms with E-state index in [0.717, 1.165) is 28.1 Å². The highest BCUT2D eigenvalue weighted by atomic mass is 32.2. The normalized spacial score (nSPS) is 21.4. The number of aliphatic hydroxyl groups is 2. The summed E-state index contributed by atoms with van der Waals surface area (Å²) >= 11 is 47.1. The summed E-state index contributed by atoms with van der Waals surface area (Å²) in [5, 5.41) is 23.0. The highest BCUT2D eigenvalue weighted by Crippen LogP contribution is 2.56. The maximum Gasteiger partial charge on any atom is 0.331 e. The Kier molecular flexibility index (Phi) is 7.66. The van der Waals surface area contributed by atoms with Crippen LogP contribution in [-0.2, 0) is 25.6 Å². The lowest BCUT2D eigenvalue weighted by molar-refractivity contribution is -0.745. The van der Waals surface area contributed by atoms with E-state index >= 15 is 0 Å². The first-order valence-electron chi connectivity index (χ1n) is 9.46. The van der Waals surface area contributed by atoms with Crippen molar-refractivity contribution in [3.63, 3.8) is 0 Å². The summed E-state index contributed by atoms with van der Waals surface area (Å²) in [4.78, 5) is 4.72. The number of azo groups is 1. The molecule has 4 aliphatic heterocycles. The van der Waals surface area contributed by atoms with Gasteiger partial charge in [0.15, 0.2) is 5.57 Å². The maximum absolute atomic E-state index is 10.8. The van der Waals surface area contributed by atoms with Crippen LogP contribution in [0.2, 0.25) is 0 Å². The van der Waals surface area contributed by atoms with Crippen LogP contribution in [0.4, 0.5) is 0 Å². The van der Waals surface area contributed by atoms with Crippen LogP contribution in [0.3, 0.4) is 0 Å². The molecule has 36 heavy (non-hydrogen) atoms. The average Bonchev–Trinajstić information content (AvgIpc) is 3.51. The fraction of sp³-hybridized carbons (Fsp3) is 0.111. The molecule has 0 amide bonds. The maximum atomic E-state index is 10.8. The molecule has 2 N–H and O–H groups in total. The van der Waals surface area contributed by atoms with E-state index in [4.69, 9.17) is 74.5 Å². The van der Waals surface area contributed by atoms with Crippen molar-refractivity contribution in [1.82, 2.24) is 8.83 Å². The zero-order chi connectivity index (χ0) is 26.4. The third-order valence-corrected chi connectivity index (χ3v) is 14.1. The van der Waals surface area contributed by atoms with Crippen LogP contribution in [0.1, 0.15) is 13.8 Å². The van der Waals surface area contributed by atoms with E-state index < -0.39 is 0 Å². The molecular weight excluding hydrogens is 689 g/mol. The van der Waals surface area contributed by atoms with Gasteiger partial charge in [-0.1, -0.05) is 79.7 Å². The van der Waals surface area contributed by atoms with Gasteiger partial charge in [-0.15, -0.1) is 0 Å². The van der Waals surface area contributed by atoms with E-state index in [-0.39, 0.29) is 11.5 Å². The molecule has 1 aromatic carbocycles. The van der Waals surface area contributed by atoms with Crippen LogP contribution < -0.4 is 10.4 Å². The lowest BCUT2D eigenvalue weighted by Crippen LogP contribution is -2.23. The number of thiol groups is 2. The van der Waals surface area contributed by atoms with Gasteiger partial charge in [-0.05, 0) is 63.9 Å². The Hall–Kier alpha value is 0.140. The Morgan fingerprint density at radius 3 is 1.31 bits per heavy atom. The van der Waals surface area contributed by atoms with Crippen molar-refractivity contribution in [3.8, 4) is 0 Å². The molecule has 18 heteroatoms. The number of hydrogen-bond donors (Lipinski definition) is 4. The summed E-state index contributed by atoms with van der Waals surface area (Å²) in [6, 6.07) is 0.